The van der Waals surface area contributed by atoms with Crippen molar-refractivity contribution >= 4 is 47.3 Å². The Hall–Kier alpha value is -5.06. The molecule has 0 fully saturated rings. The zero-order chi connectivity index (χ0) is 44.9. The molecule has 0 unspecified atom stereocenters. The Morgan fingerprint density at radius 3 is 1.71 bits per heavy atom. The zero-order valence-electron chi connectivity index (χ0n) is 34.4. The minimum Gasteiger partial charge on any atom is -0.480 e. The Kier molecular flexibility index (Phi) is 24.4. The van der Waals surface area contributed by atoms with Crippen LogP contribution in [-0.2, 0) is 38.4 Å². The summed E-state index contributed by atoms with van der Waals surface area (Å²) in [5, 5.41) is 58.3. The fourth-order valence-electron chi connectivity index (χ4n) is 5.21. The van der Waals surface area contributed by atoms with Gasteiger partial charge in [-0.1, -0.05) is 54.0 Å². The topological polar surface area (TPSA) is 366 Å². The van der Waals surface area contributed by atoms with Gasteiger partial charge in [-0.15, -0.1) is 0 Å². The van der Waals surface area contributed by atoms with E-state index in [2.05, 4.69) is 43.8 Å². The molecule has 332 valence electrons. The molecule has 0 saturated heterocycles. The first-order valence-electron chi connectivity index (χ1n) is 19.2. The largest absolute Gasteiger partial charge is 0.480 e. The highest BCUT2D eigenvalue weighted by Gasteiger charge is 2.35. The van der Waals surface area contributed by atoms with Crippen LogP contribution in [0.15, 0.2) is 12.4 Å². The van der Waals surface area contributed by atoms with Crippen LogP contribution >= 0.6 is 0 Å². The van der Waals surface area contributed by atoms with Gasteiger partial charge in [-0.25, -0.2) is 4.79 Å². The SMILES string of the molecule is C=C(N)NCCC[C@@H](NC(=O)[C@H](CCC)NC(=O)[C@@H](N)[C@H](O)C(C)C)C(=O)N[C@H](C(=O)N[C@H](C(=O)NCC(=O)N[C@@H](C)C(=O)N[C@@H](CO)C(=O)O)[C@H](C)O)[C@@H](C)CC. The van der Waals surface area contributed by atoms with Crippen molar-refractivity contribution in [3.63, 3.8) is 0 Å². The average Bonchev–Trinajstić information content (AvgIpc) is 3.15. The van der Waals surface area contributed by atoms with Crippen LogP contribution in [0.3, 0.4) is 0 Å². The van der Waals surface area contributed by atoms with Crippen molar-refractivity contribution in [1.29, 1.82) is 0 Å². The van der Waals surface area contributed by atoms with Gasteiger partial charge < -0.3 is 74.4 Å². The molecular weight excluding hydrogens is 764 g/mol. The van der Waals surface area contributed by atoms with Crippen molar-refractivity contribution in [1.82, 2.24) is 42.5 Å². The first-order chi connectivity index (χ1) is 27.0. The molecule has 0 spiro atoms. The number of aliphatic carboxylic acids is 1. The Morgan fingerprint density at radius 2 is 1.21 bits per heavy atom. The van der Waals surface area contributed by atoms with Crippen molar-refractivity contribution in [2.75, 3.05) is 19.7 Å². The molecule has 0 rings (SSSR count). The van der Waals surface area contributed by atoms with E-state index < -0.39 is 121 Å². The van der Waals surface area contributed by atoms with Gasteiger partial charge in [-0.3, -0.25) is 33.6 Å². The van der Waals surface area contributed by atoms with Crippen LogP contribution in [-0.4, -0.2) is 142 Å². The third-order valence-corrected chi connectivity index (χ3v) is 9.07. The monoisotopic (exact) mass is 830 g/mol. The second kappa shape index (κ2) is 26.8. The zero-order valence-corrected chi connectivity index (χ0v) is 34.4. The van der Waals surface area contributed by atoms with Crippen LogP contribution in [0.5, 0.6) is 0 Å². The molecule has 10 atom stereocenters. The lowest BCUT2D eigenvalue weighted by Gasteiger charge is -2.30. The molecule has 16 N–H and O–H groups in total. The highest BCUT2D eigenvalue weighted by Crippen LogP contribution is 2.12. The Balaban J connectivity index is 6.03. The van der Waals surface area contributed by atoms with E-state index in [1.54, 1.807) is 34.6 Å². The van der Waals surface area contributed by atoms with Gasteiger partial charge in [0.1, 0.15) is 42.3 Å². The van der Waals surface area contributed by atoms with Crippen molar-refractivity contribution in [3.05, 3.63) is 12.4 Å². The van der Waals surface area contributed by atoms with E-state index in [9.17, 15) is 48.6 Å². The predicted octanol–water partition coefficient (Wildman–Crippen LogP) is -4.52. The number of nitrogens with two attached hydrogens (primary N) is 2. The van der Waals surface area contributed by atoms with Crippen LogP contribution in [0.2, 0.25) is 0 Å². The number of carbonyl (C=O) groups is 8. The average molecular weight is 831 g/mol. The molecule has 0 aromatic heterocycles. The van der Waals surface area contributed by atoms with Crippen molar-refractivity contribution in [2.24, 2.45) is 23.3 Å². The molecule has 7 amide bonds. The molecule has 0 aromatic rings. The molecule has 0 aromatic carbocycles. The minimum absolute atomic E-state index is 0.0354. The molecule has 22 heteroatoms. The molecule has 0 radical (unpaired) electrons. The second-order valence-electron chi connectivity index (χ2n) is 14.5. The van der Waals surface area contributed by atoms with Gasteiger partial charge >= 0.3 is 5.97 Å². The molecule has 0 saturated carbocycles. The van der Waals surface area contributed by atoms with Crippen molar-refractivity contribution in [3.8, 4) is 0 Å². The van der Waals surface area contributed by atoms with E-state index in [0.29, 0.717) is 12.8 Å². The van der Waals surface area contributed by atoms with Gasteiger partial charge in [-0.2, -0.15) is 0 Å². The number of carbonyl (C=O) groups excluding carboxylic acids is 7. The van der Waals surface area contributed by atoms with Crippen LogP contribution in [0, 0.1) is 11.8 Å². The first-order valence-corrected chi connectivity index (χ1v) is 19.2. The second-order valence-corrected chi connectivity index (χ2v) is 14.5. The highest BCUT2D eigenvalue weighted by molar-refractivity contribution is 5.97. The summed E-state index contributed by atoms with van der Waals surface area (Å²) in [4.78, 5) is 103. The maximum absolute atomic E-state index is 13.8. The maximum Gasteiger partial charge on any atom is 0.328 e. The molecule has 0 heterocycles. The van der Waals surface area contributed by atoms with Gasteiger partial charge in [0.2, 0.25) is 41.4 Å². The maximum atomic E-state index is 13.8. The number of hydrogen-bond acceptors (Lipinski definition) is 14. The Morgan fingerprint density at radius 1 is 0.672 bits per heavy atom. The smallest absolute Gasteiger partial charge is 0.328 e. The third-order valence-electron chi connectivity index (χ3n) is 9.07. The van der Waals surface area contributed by atoms with E-state index >= 15 is 0 Å². The lowest BCUT2D eigenvalue weighted by atomic mass is 9.96. The number of aliphatic hydroxyl groups is 3. The Labute approximate surface area is 338 Å². The summed E-state index contributed by atoms with van der Waals surface area (Å²) in [6.07, 6.45) is -1.39. The van der Waals surface area contributed by atoms with Crippen LogP contribution in [0.25, 0.3) is 0 Å². The van der Waals surface area contributed by atoms with Crippen LogP contribution < -0.4 is 54.0 Å². The van der Waals surface area contributed by atoms with E-state index in [-0.39, 0.29) is 37.5 Å². The van der Waals surface area contributed by atoms with Crippen molar-refractivity contribution < 1.29 is 58.8 Å². The van der Waals surface area contributed by atoms with Gasteiger partial charge in [0.05, 0.1) is 31.2 Å². The number of rotatable bonds is 28. The van der Waals surface area contributed by atoms with Gasteiger partial charge in [0.25, 0.3) is 0 Å². The molecular formula is C36H66N10O12. The summed E-state index contributed by atoms with van der Waals surface area (Å²) in [7, 11) is 0. The summed E-state index contributed by atoms with van der Waals surface area (Å²) in [6, 6.07) is -9.51. The highest BCUT2D eigenvalue weighted by atomic mass is 16.4. The summed E-state index contributed by atoms with van der Waals surface area (Å²) >= 11 is 0. The molecule has 58 heavy (non-hydrogen) atoms. The fraction of sp³-hybridized carbons (Fsp3) is 0.722. The Bertz CT molecular complexity index is 1410. The quantitative estimate of drug-likeness (QED) is 0.0331. The molecule has 0 aliphatic carbocycles. The predicted molar refractivity (Wildman–Crippen MR) is 210 cm³/mol. The summed E-state index contributed by atoms with van der Waals surface area (Å²) in [5.41, 5.74) is 11.5. The number of nitrogens with one attached hydrogen (secondary N) is 8. The standard InChI is InChI=1S/C36H66N10O12/c1-9-12-22(43-33(54)26(38)29(50)17(3)4)31(52)42-23(13-11-14-39-21(8)37)32(53)45-27(18(5)10-2)35(56)46-28(20(7)48)34(55)40-15-25(49)41-19(6)30(51)44-24(16-47)36(57)58/h17-20,22-24,26-29,39,47-48,50H,8-16,37-38H2,1-7H3,(H,40,55)(H,41,49)(H,42,52)(H,43,54)(H,44,51)(H,45,53)(H,46,56)(H,57,58)/t18-,19-,20-,22-,23+,24-,26-,27-,28-,29+/m0/s1. The van der Waals surface area contributed by atoms with Gasteiger partial charge in [-0.05, 0) is 44.9 Å². The third kappa shape index (κ3) is 18.9. The molecule has 0 bridgehead atoms. The lowest BCUT2D eigenvalue weighted by molar-refractivity contribution is -0.143. The number of carboxylic acids is 1. The van der Waals surface area contributed by atoms with E-state index in [1.807, 2.05) is 5.32 Å². The summed E-state index contributed by atoms with van der Waals surface area (Å²) < 4.78 is 0. The van der Waals surface area contributed by atoms with Crippen LogP contribution in [0.1, 0.15) is 80.6 Å². The van der Waals surface area contributed by atoms with Gasteiger partial charge in [0.15, 0.2) is 0 Å². The van der Waals surface area contributed by atoms with Crippen LogP contribution in [0.4, 0.5) is 0 Å². The summed E-state index contributed by atoms with van der Waals surface area (Å²) in [6.45, 7) is 13.2. The lowest BCUT2D eigenvalue weighted by Crippen LogP contribution is -2.61. The molecule has 0 aliphatic rings. The normalized spacial score (nSPS) is 16.3. The number of aliphatic hydroxyl groups excluding tert-OH is 3. The van der Waals surface area contributed by atoms with E-state index in [0.717, 1.165) is 0 Å². The fourth-order valence-corrected chi connectivity index (χ4v) is 5.21. The van der Waals surface area contributed by atoms with Gasteiger partial charge in [0, 0.05) is 6.54 Å². The van der Waals surface area contributed by atoms with E-state index in [1.165, 1.54) is 13.8 Å². The first kappa shape index (κ1) is 52.9. The molecule has 22 nitrogen and oxygen atoms in total. The van der Waals surface area contributed by atoms with E-state index in [4.69, 9.17) is 21.7 Å². The summed E-state index contributed by atoms with van der Waals surface area (Å²) in [5.74, 6) is -8.18. The number of carboxylic acid groups (broad SMARTS) is 1. The molecule has 0 aliphatic heterocycles. The number of amides is 7. The number of hydrogen-bond donors (Lipinski definition) is 14. The van der Waals surface area contributed by atoms with Crippen molar-refractivity contribution in [2.45, 2.75) is 135 Å². The minimum atomic E-state index is -1.63.